The minimum Gasteiger partial charge on any atom is -0.293 e. The number of hydrogen-bond donors (Lipinski definition) is 0. The van der Waals surface area contributed by atoms with Crippen LogP contribution in [-0.4, -0.2) is 60.5 Å². The van der Waals surface area contributed by atoms with Gasteiger partial charge in [-0.2, -0.15) is 18.3 Å². The van der Waals surface area contributed by atoms with E-state index in [-0.39, 0.29) is 12.4 Å². The van der Waals surface area contributed by atoms with E-state index in [1.165, 1.54) is 19.1 Å². The van der Waals surface area contributed by atoms with Crippen LogP contribution in [0.4, 0.5) is 17.6 Å². The summed E-state index contributed by atoms with van der Waals surface area (Å²) in [5, 5.41) is 5.29. The maximum absolute atomic E-state index is 13.6. The van der Waals surface area contributed by atoms with Crippen molar-refractivity contribution in [2.75, 3.05) is 26.2 Å². The molecular formula is C28H29F4N5OS. The third-order valence-corrected chi connectivity index (χ3v) is 8.93. The lowest BCUT2D eigenvalue weighted by Crippen LogP contribution is -2.51. The van der Waals surface area contributed by atoms with Gasteiger partial charge in [-0.05, 0) is 73.0 Å². The summed E-state index contributed by atoms with van der Waals surface area (Å²) in [7, 11) is -1.50. The molecule has 0 amide bonds. The summed E-state index contributed by atoms with van der Waals surface area (Å²) in [5.41, 5.74) is 4.09. The Balaban J connectivity index is 1.52. The van der Waals surface area contributed by atoms with E-state index in [1.807, 2.05) is 35.2 Å². The normalized spacial score (nSPS) is 18.9. The summed E-state index contributed by atoms with van der Waals surface area (Å²) < 4.78 is 71.2. The van der Waals surface area contributed by atoms with Gasteiger partial charge in [0, 0.05) is 50.0 Å². The molecule has 11 heteroatoms. The number of piperazine rings is 1. The van der Waals surface area contributed by atoms with Crippen LogP contribution < -0.4 is 0 Å². The van der Waals surface area contributed by atoms with Gasteiger partial charge in [-0.3, -0.25) is 9.88 Å². The largest absolute Gasteiger partial charge is 0.392 e. The summed E-state index contributed by atoms with van der Waals surface area (Å²) in [6.07, 6.45) is 0.606. The molecule has 3 heterocycles. The topological polar surface area (TPSA) is 54.3 Å². The van der Waals surface area contributed by atoms with Crippen LogP contribution in [0.2, 0.25) is 0 Å². The van der Waals surface area contributed by atoms with Crippen LogP contribution in [0.15, 0.2) is 66.0 Å². The van der Waals surface area contributed by atoms with E-state index in [0.717, 1.165) is 27.6 Å². The number of hydrogen-bond acceptors (Lipinski definition) is 4. The fourth-order valence-corrected chi connectivity index (χ4v) is 6.33. The average molecular weight is 560 g/mol. The third-order valence-electron chi connectivity index (χ3n) is 7.32. The molecule has 1 aliphatic rings. The summed E-state index contributed by atoms with van der Waals surface area (Å²) in [6.45, 7) is 5.82. The quantitative estimate of drug-likeness (QED) is 0.282. The van der Waals surface area contributed by atoms with E-state index in [2.05, 4.69) is 10.1 Å². The number of aromatic nitrogens is 3. The lowest BCUT2D eigenvalue weighted by atomic mass is 9.95. The summed E-state index contributed by atoms with van der Waals surface area (Å²) in [4.78, 5) is 6.56. The lowest BCUT2D eigenvalue weighted by molar-refractivity contribution is -0.176. The van der Waals surface area contributed by atoms with Crippen molar-refractivity contribution in [1.29, 1.82) is 0 Å². The van der Waals surface area contributed by atoms with Gasteiger partial charge in [0.2, 0.25) is 0 Å². The Kier molecular flexibility index (Phi) is 7.58. The van der Waals surface area contributed by atoms with Crippen molar-refractivity contribution >= 4 is 21.9 Å². The zero-order valence-electron chi connectivity index (χ0n) is 21.8. The molecule has 4 aromatic rings. The Bertz CT molecular complexity index is 1500. The number of benzene rings is 2. The van der Waals surface area contributed by atoms with E-state index >= 15 is 0 Å². The van der Waals surface area contributed by atoms with Gasteiger partial charge in [0.1, 0.15) is 16.8 Å². The molecule has 0 radical (unpaired) electrons. The number of halogens is 4. The molecule has 2 aromatic carbocycles. The number of rotatable bonds is 6. The lowest BCUT2D eigenvalue weighted by Gasteiger charge is -2.42. The number of fused-ring (bicyclic) bond motifs is 1. The maximum Gasteiger partial charge on any atom is 0.392 e. The van der Waals surface area contributed by atoms with E-state index in [0.29, 0.717) is 30.2 Å². The third kappa shape index (κ3) is 5.61. The smallest absolute Gasteiger partial charge is 0.293 e. The Hall–Kier alpha value is -3.15. The van der Waals surface area contributed by atoms with Gasteiger partial charge in [0.25, 0.3) is 0 Å². The predicted molar refractivity (Wildman–Crippen MR) is 142 cm³/mol. The Morgan fingerprint density at radius 3 is 2.49 bits per heavy atom. The van der Waals surface area contributed by atoms with E-state index in [1.54, 1.807) is 41.5 Å². The molecular weight excluding hydrogens is 530 g/mol. The van der Waals surface area contributed by atoms with Gasteiger partial charge in [-0.1, -0.05) is 6.92 Å². The van der Waals surface area contributed by atoms with Crippen LogP contribution in [-0.2, 0) is 11.0 Å². The molecule has 206 valence electrons. The zero-order valence-corrected chi connectivity index (χ0v) is 22.6. The summed E-state index contributed by atoms with van der Waals surface area (Å²) >= 11 is 0. The molecule has 0 aliphatic carbocycles. The second-order valence-corrected chi connectivity index (χ2v) is 11.5. The molecule has 2 aromatic heterocycles. The second-order valence-electron chi connectivity index (χ2n) is 10.0. The van der Waals surface area contributed by atoms with Crippen LogP contribution in [0.3, 0.4) is 0 Å². The minimum absolute atomic E-state index is 0.160. The molecule has 6 nitrogen and oxygen atoms in total. The first-order valence-electron chi connectivity index (χ1n) is 12.7. The fraction of sp³-hybridized carbons (Fsp3) is 0.357. The van der Waals surface area contributed by atoms with Crippen molar-refractivity contribution in [2.45, 2.75) is 37.9 Å². The van der Waals surface area contributed by atoms with Crippen LogP contribution >= 0.6 is 0 Å². The molecule has 0 N–H and O–H groups in total. The van der Waals surface area contributed by atoms with Crippen LogP contribution in [0.25, 0.3) is 16.6 Å². The standard InChI is InChI=1S/C28H29F4N5OS/c1-18-8-9-33-15-27(18)39(38)36-11-10-35(16-20(3)28(30,31)32)26(17-36)24-13-21-14-34-37(25(21)12-19(24)2)23-6-4-22(29)5-7-23/h4-9,12-15,20,26H,10-11,16-17H2,1-3H3. The Labute approximate surface area is 226 Å². The number of nitrogens with zero attached hydrogens (tertiary/aromatic N) is 5. The van der Waals surface area contributed by atoms with E-state index in [4.69, 9.17) is 0 Å². The highest BCUT2D eigenvalue weighted by Gasteiger charge is 2.40. The van der Waals surface area contributed by atoms with Gasteiger partial charge >= 0.3 is 6.18 Å². The molecule has 3 unspecified atom stereocenters. The van der Waals surface area contributed by atoms with Crippen molar-refractivity contribution in [3.05, 3.63) is 83.6 Å². The average Bonchev–Trinajstić information content (AvgIpc) is 3.31. The Morgan fingerprint density at radius 2 is 1.79 bits per heavy atom. The molecule has 3 atom stereocenters. The van der Waals surface area contributed by atoms with Crippen molar-refractivity contribution in [2.24, 2.45) is 5.92 Å². The van der Waals surface area contributed by atoms with Crippen molar-refractivity contribution < 1.29 is 21.8 Å². The predicted octanol–water partition coefficient (Wildman–Crippen LogP) is 5.76. The summed E-state index contributed by atoms with van der Waals surface area (Å²) in [5.74, 6) is -1.86. The molecule has 0 bridgehead atoms. The molecule has 39 heavy (non-hydrogen) atoms. The highest BCUT2D eigenvalue weighted by molar-refractivity contribution is 7.82. The van der Waals surface area contributed by atoms with E-state index in [9.17, 15) is 21.8 Å². The highest BCUT2D eigenvalue weighted by atomic mass is 32.2. The molecule has 5 rings (SSSR count). The Morgan fingerprint density at radius 1 is 1.05 bits per heavy atom. The molecule has 0 spiro atoms. The minimum atomic E-state index is -4.31. The van der Waals surface area contributed by atoms with Crippen molar-refractivity contribution in [1.82, 2.24) is 24.0 Å². The first kappa shape index (κ1) is 27.4. The monoisotopic (exact) mass is 559 g/mol. The number of alkyl halides is 3. The van der Waals surface area contributed by atoms with Crippen LogP contribution in [0, 0.1) is 25.6 Å². The highest BCUT2D eigenvalue weighted by Crippen LogP contribution is 2.35. The van der Waals surface area contributed by atoms with E-state index < -0.39 is 29.1 Å². The molecule has 1 fully saturated rings. The SMILES string of the molecule is Cc1cc2c(cnn2-c2ccc(F)cc2)cc1C1CN(S(=O)c2cnccc2C)CCN1CC(C)C(F)(F)F. The van der Waals surface area contributed by atoms with Crippen LogP contribution in [0.1, 0.15) is 29.7 Å². The van der Waals surface area contributed by atoms with Crippen LogP contribution in [0.5, 0.6) is 0 Å². The number of pyridine rings is 1. The summed E-state index contributed by atoms with van der Waals surface area (Å²) in [6, 6.07) is 11.3. The molecule has 1 saturated heterocycles. The van der Waals surface area contributed by atoms with Crippen molar-refractivity contribution in [3.8, 4) is 5.69 Å². The van der Waals surface area contributed by atoms with Gasteiger partial charge in [0.05, 0.1) is 28.2 Å². The van der Waals surface area contributed by atoms with Gasteiger partial charge in [-0.25, -0.2) is 17.6 Å². The van der Waals surface area contributed by atoms with Gasteiger partial charge < -0.3 is 0 Å². The second kappa shape index (κ2) is 10.8. The number of aryl methyl sites for hydroxylation is 2. The van der Waals surface area contributed by atoms with Crippen molar-refractivity contribution in [3.63, 3.8) is 0 Å². The molecule has 1 aliphatic heterocycles. The van der Waals surface area contributed by atoms with Gasteiger partial charge in [-0.15, -0.1) is 0 Å². The molecule has 0 saturated carbocycles. The first-order valence-corrected chi connectivity index (χ1v) is 13.8. The zero-order chi connectivity index (χ0) is 27.9. The fourth-order valence-electron chi connectivity index (χ4n) is 5.03. The maximum atomic E-state index is 13.6. The van der Waals surface area contributed by atoms with Gasteiger partial charge in [0.15, 0.2) is 0 Å². The first-order chi connectivity index (χ1) is 18.5.